The van der Waals surface area contributed by atoms with Crippen LogP contribution in [0.25, 0.3) is 21.8 Å². The maximum Gasteiger partial charge on any atom is 0.546 e. The van der Waals surface area contributed by atoms with Gasteiger partial charge >= 0.3 is 15.4 Å². The van der Waals surface area contributed by atoms with E-state index in [1.165, 1.54) is 24.5 Å². The Morgan fingerprint density at radius 3 is 2.86 bits per heavy atom. The third kappa shape index (κ3) is 4.67. The molecule has 2 unspecified atom stereocenters. The highest BCUT2D eigenvalue weighted by Crippen LogP contribution is 2.55. The van der Waals surface area contributed by atoms with Crippen LogP contribution in [0.3, 0.4) is 0 Å². The molecule has 1 fully saturated rings. The first-order valence-corrected chi connectivity index (χ1v) is 13.8. The summed E-state index contributed by atoms with van der Waals surface area (Å²) >= 11 is 6.10. The van der Waals surface area contributed by atoms with Gasteiger partial charge in [-0.2, -0.15) is 4.73 Å². The van der Waals surface area contributed by atoms with Crippen molar-refractivity contribution >= 4 is 54.1 Å². The van der Waals surface area contributed by atoms with Gasteiger partial charge in [-0.05, 0) is 29.8 Å². The standard InChI is InChI=1S/C22H19ClN2O8P2/c1-30-35(28,29)33-25-9-7-19(26)18-6-5-15-12-17(13-24-21(15)22(18)25)34(27)31-10-8-20(32-34)14-3-2-4-16(23)11-14/h2-7,9,11-13,20H,8,10H2,1H3,(H,28,29)/t20-,34?/m0/s1. The van der Waals surface area contributed by atoms with Gasteiger partial charge in [0, 0.05) is 42.4 Å². The van der Waals surface area contributed by atoms with E-state index in [0.717, 1.165) is 17.4 Å². The second-order valence-electron chi connectivity index (χ2n) is 7.73. The molecule has 1 saturated heterocycles. The predicted molar refractivity (Wildman–Crippen MR) is 130 cm³/mol. The van der Waals surface area contributed by atoms with E-state index >= 15 is 0 Å². The van der Waals surface area contributed by atoms with Crippen molar-refractivity contribution in [1.82, 2.24) is 9.71 Å². The Morgan fingerprint density at radius 1 is 1.26 bits per heavy atom. The lowest BCUT2D eigenvalue weighted by molar-refractivity contribution is 0.0875. The summed E-state index contributed by atoms with van der Waals surface area (Å²) < 4.78 is 47.7. The monoisotopic (exact) mass is 536 g/mol. The average molecular weight is 537 g/mol. The number of hydrogen-bond acceptors (Lipinski definition) is 8. The molecule has 0 spiro atoms. The van der Waals surface area contributed by atoms with Crippen LogP contribution < -0.4 is 15.4 Å². The van der Waals surface area contributed by atoms with E-state index in [0.29, 0.717) is 16.8 Å². The van der Waals surface area contributed by atoms with E-state index in [1.807, 2.05) is 6.07 Å². The SMILES string of the molecule is COP(=O)(O)On1ccc(=O)c2ccc3cc(P4(=O)OCC[C@@H](c5cccc(Cl)c5)O4)cnc3c21. The lowest BCUT2D eigenvalue weighted by Crippen LogP contribution is -2.21. The summed E-state index contributed by atoms with van der Waals surface area (Å²) in [5.74, 6) is 0. The summed E-state index contributed by atoms with van der Waals surface area (Å²) in [6, 6.07) is 13.1. The summed E-state index contributed by atoms with van der Waals surface area (Å²) in [7, 11) is -7.15. The number of phosphoric acid groups is 1. The van der Waals surface area contributed by atoms with Crippen LogP contribution in [-0.2, 0) is 22.7 Å². The molecule has 2 aromatic heterocycles. The Labute approximate surface area is 204 Å². The summed E-state index contributed by atoms with van der Waals surface area (Å²) in [6.45, 7) is 0.209. The van der Waals surface area contributed by atoms with Gasteiger partial charge in [-0.3, -0.25) is 28.3 Å². The Hall–Kier alpha value is -2.55. The second-order valence-corrected chi connectivity index (χ2v) is 11.6. The molecule has 1 aliphatic rings. The van der Waals surface area contributed by atoms with Crippen LogP contribution in [0.5, 0.6) is 0 Å². The molecule has 0 aliphatic carbocycles. The van der Waals surface area contributed by atoms with E-state index in [9.17, 15) is 18.8 Å². The number of aromatic nitrogens is 2. The van der Waals surface area contributed by atoms with Gasteiger partial charge in [-0.15, -0.1) is 0 Å². The summed E-state index contributed by atoms with van der Waals surface area (Å²) in [4.78, 5) is 26.6. The summed E-state index contributed by atoms with van der Waals surface area (Å²) in [5.41, 5.74) is 0.867. The van der Waals surface area contributed by atoms with Crippen molar-refractivity contribution in [2.45, 2.75) is 12.5 Å². The van der Waals surface area contributed by atoms with E-state index in [2.05, 4.69) is 9.51 Å². The van der Waals surface area contributed by atoms with Crippen LogP contribution >= 0.6 is 27.0 Å². The van der Waals surface area contributed by atoms with Crippen molar-refractivity contribution in [2.24, 2.45) is 0 Å². The number of fused-ring (bicyclic) bond motifs is 3. The van der Waals surface area contributed by atoms with Crippen molar-refractivity contribution in [3.8, 4) is 0 Å². The maximum atomic E-state index is 13.7. The highest BCUT2D eigenvalue weighted by molar-refractivity contribution is 7.62. The van der Waals surface area contributed by atoms with Crippen molar-refractivity contribution < 1.29 is 32.2 Å². The first kappa shape index (κ1) is 24.2. The molecule has 13 heteroatoms. The number of rotatable bonds is 5. The zero-order chi connectivity index (χ0) is 24.8. The van der Waals surface area contributed by atoms with Crippen LogP contribution in [0.1, 0.15) is 18.1 Å². The van der Waals surface area contributed by atoms with Gasteiger partial charge in [-0.25, -0.2) is 4.57 Å². The molecule has 35 heavy (non-hydrogen) atoms. The molecule has 182 valence electrons. The molecule has 0 bridgehead atoms. The summed E-state index contributed by atoms with van der Waals surface area (Å²) in [5, 5.41) is 1.46. The number of phosphoric ester groups is 1. The van der Waals surface area contributed by atoms with Crippen molar-refractivity contribution in [3.05, 3.63) is 81.7 Å². The van der Waals surface area contributed by atoms with Gasteiger partial charge in [-0.1, -0.05) is 29.8 Å². The molecule has 1 aliphatic heterocycles. The number of nitrogens with zero attached hydrogens (tertiary/aromatic N) is 2. The zero-order valence-electron chi connectivity index (χ0n) is 18.2. The molecule has 0 amide bonds. The molecule has 5 rings (SSSR count). The highest BCUT2D eigenvalue weighted by Gasteiger charge is 2.37. The van der Waals surface area contributed by atoms with Crippen LogP contribution in [0.2, 0.25) is 5.02 Å². The first-order chi connectivity index (χ1) is 16.7. The quantitative estimate of drug-likeness (QED) is 0.292. The molecule has 2 aromatic carbocycles. The third-order valence-electron chi connectivity index (χ3n) is 5.52. The van der Waals surface area contributed by atoms with Gasteiger partial charge in [0.15, 0.2) is 5.43 Å². The van der Waals surface area contributed by atoms with Gasteiger partial charge in [0.2, 0.25) is 0 Å². The molecule has 3 atom stereocenters. The number of halogens is 1. The fraction of sp³-hybridized carbons (Fsp3) is 0.182. The predicted octanol–water partition coefficient (Wildman–Crippen LogP) is 4.38. The van der Waals surface area contributed by atoms with E-state index in [-0.39, 0.29) is 33.8 Å². The smallest absolute Gasteiger partial charge is 0.311 e. The van der Waals surface area contributed by atoms with Crippen LogP contribution in [0.15, 0.2) is 65.7 Å². The average Bonchev–Trinajstić information content (AvgIpc) is 2.85. The Bertz CT molecular complexity index is 1610. The number of hydrogen-bond donors (Lipinski definition) is 1. The Kier molecular flexibility index (Phi) is 6.32. The van der Waals surface area contributed by atoms with Gasteiger partial charge in [0.1, 0.15) is 5.52 Å². The zero-order valence-corrected chi connectivity index (χ0v) is 20.8. The minimum absolute atomic E-state index is 0.147. The lowest BCUT2D eigenvalue weighted by atomic mass is 10.1. The minimum atomic E-state index is -4.44. The van der Waals surface area contributed by atoms with Crippen molar-refractivity contribution in [3.63, 3.8) is 0 Å². The Morgan fingerprint density at radius 2 is 2.09 bits per heavy atom. The lowest BCUT2D eigenvalue weighted by Gasteiger charge is -2.30. The number of pyridine rings is 2. The minimum Gasteiger partial charge on any atom is -0.311 e. The van der Waals surface area contributed by atoms with E-state index in [4.69, 9.17) is 25.3 Å². The second kappa shape index (κ2) is 9.15. The molecule has 1 N–H and O–H groups in total. The van der Waals surface area contributed by atoms with Crippen LogP contribution in [-0.4, -0.2) is 28.3 Å². The molecule has 10 nitrogen and oxygen atoms in total. The van der Waals surface area contributed by atoms with Gasteiger partial charge < -0.3 is 9.15 Å². The fourth-order valence-electron chi connectivity index (χ4n) is 3.86. The molecular formula is C22H19ClN2O8P2. The van der Waals surface area contributed by atoms with E-state index in [1.54, 1.807) is 30.3 Å². The highest BCUT2D eigenvalue weighted by atomic mass is 35.5. The summed E-state index contributed by atoms with van der Waals surface area (Å²) in [6.07, 6.45) is 2.55. The van der Waals surface area contributed by atoms with Gasteiger partial charge in [0.05, 0.1) is 28.9 Å². The van der Waals surface area contributed by atoms with Gasteiger partial charge in [0.25, 0.3) is 0 Å². The maximum absolute atomic E-state index is 13.7. The first-order valence-electron chi connectivity index (χ1n) is 10.4. The Balaban J connectivity index is 1.59. The van der Waals surface area contributed by atoms with Crippen LogP contribution in [0, 0.1) is 0 Å². The third-order valence-corrected chi connectivity index (χ3v) is 8.54. The van der Waals surface area contributed by atoms with Crippen LogP contribution in [0.4, 0.5) is 0 Å². The van der Waals surface area contributed by atoms with Crippen molar-refractivity contribution in [1.29, 1.82) is 0 Å². The normalized spacial score (nSPS) is 22.2. The van der Waals surface area contributed by atoms with Crippen molar-refractivity contribution in [2.75, 3.05) is 13.7 Å². The topological polar surface area (TPSA) is 126 Å². The molecule has 4 aromatic rings. The molecule has 0 saturated carbocycles. The molecule has 0 radical (unpaired) electrons. The molecule has 3 heterocycles. The van der Waals surface area contributed by atoms with E-state index < -0.39 is 21.5 Å². The fourth-order valence-corrected chi connectivity index (χ4v) is 6.22. The molecular weight excluding hydrogens is 518 g/mol. The number of benzene rings is 2. The largest absolute Gasteiger partial charge is 0.546 e.